The highest BCUT2D eigenvalue weighted by atomic mass is 32.2. The lowest BCUT2D eigenvalue weighted by Crippen LogP contribution is -2.46. The summed E-state index contributed by atoms with van der Waals surface area (Å²) in [7, 11) is -3.82. The Morgan fingerprint density at radius 1 is 1.02 bits per heavy atom. The molecular weight excluding hydrogens is 577 g/mol. The van der Waals surface area contributed by atoms with Gasteiger partial charge in [0.15, 0.2) is 0 Å². The predicted octanol–water partition coefficient (Wildman–Crippen LogP) is 4.47. The third kappa shape index (κ3) is 8.19. The van der Waals surface area contributed by atoms with E-state index in [1.54, 1.807) is 12.1 Å². The lowest BCUT2D eigenvalue weighted by atomic mass is 10.0. The predicted molar refractivity (Wildman–Crippen MR) is 163 cm³/mol. The number of nitrogens with two attached hydrogens (primary N) is 1. The number of nitrogens with one attached hydrogen (secondary N) is 1. The molecule has 3 aromatic rings. The Morgan fingerprint density at radius 2 is 1.67 bits per heavy atom. The summed E-state index contributed by atoms with van der Waals surface area (Å²) < 4.78 is 47.1. The number of esters is 1. The van der Waals surface area contributed by atoms with Crippen LogP contribution in [0.3, 0.4) is 0 Å². The molecule has 8 nitrogen and oxygen atoms in total. The quantitative estimate of drug-likeness (QED) is 0.289. The average Bonchev–Trinajstić information content (AvgIpc) is 3.49. The molecule has 1 fully saturated rings. The van der Waals surface area contributed by atoms with Gasteiger partial charge in [-0.25, -0.2) is 12.8 Å². The average molecular weight is 614 g/mol. The van der Waals surface area contributed by atoms with E-state index in [4.69, 9.17) is 10.5 Å². The summed E-state index contributed by atoms with van der Waals surface area (Å²) in [5.41, 5.74) is 9.10. The number of nitrogens with zero attached hydrogens (tertiary/aromatic N) is 1. The number of hydrogen-bond acceptors (Lipinski definition) is 7. The summed E-state index contributed by atoms with van der Waals surface area (Å²) in [5, 5.41) is 1.94. The Balaban J connectivity index is 1.43. The van der Waals surface area contributed by atoms with E-state index < -0.39 is 45.2 Å². The van der Waals surface area contributed by atoms with Crippen molar-refractivity contribution in [3.63, 3.8) is 0 Å². The van der Waals surface area contributed by atoms with Crippen LogP contribution in [0.5, 0.6) is 0 Å². The number of hydrogen-bond donors (Lipinski definition) is 2. The van der Waals surface area contributed by atoms with Crippen LogP contribution in [-0.4, -0.2) is 54.9 Å². The van der Waals surface area contributed by atoms with Crippen LogP contribution in [0.2, 0.25) is 0 Å². The number of halogens is 1. The molecule has 3 N–H and O–H groups in total. The Hall–Kier alpha value is -3.25. The SMILES string of the molecule is CC(C)C(N)C(=O)OCCC(NC(=O)C1SCCN1S(=O)(=O)Cc1ccc(-c2ccccc2)cc1)c1ccc(F)cc1. The van der Waals surface area contributed by atoms with E-state index in [-0.39, 0.29) is 31.2 Å². The van der Waals surface area contributed by atoms with Gasteiger partial charge in [-0.05, 0) is 40.3 Å². The fourth-order valence-electron chi connectivity index (χ4n) is 4.57. The standard InChI is InChI=1S/C31H36FN3O5S2/c1-21(2)28(33)31(37)40-18-16-27(25-12-14-26(32)15-13-25)34-29(36)30-35(17-19-41-30)42(38,39)20-22-8-10-24(11-9-22)23-6-4-3-5-7-23/h3-15,21,27-28,30H,16-20,33H2,1-2H3,(H,34,36). The molecule has 0 aliphatic carbocycles. The van der Waals surface area contributed by atoms with E-state index in [0.717, 1.165) is 11.1 Å². The zero-order chi connectivity index (χ0) is 30.3. The zero-order valence-corrected chi connectivity index (χ0v) is 25.2. The maximum Gasteiger partial charge on any atom is 0.323 e. The summed E-state index contributed by atoms with van der Waals surface area (Å²) in [6, 6.07) is 21.4. The normalized spacial score (nSPS) is 17.1. The van der Waals surface area contributed by atoms with Crippen LogP contribution in [0.15, 0.2) is 78.9 Å². The smallest absolute Gasteiger partial charge is 0.323 e. The van der Waals surface area contributed by atoms with Crippen molar-refractivity contribution < 1.29 is 27.1 Å². The number of ether oxygens (including phenoxy) is 1. The molecule has 42 heavy (non-hydrogen) atoms. The molecule has 0 spiro atoms. The molecule has 3 aromatic carbocycles. The van der Waals surface area contributed by atoms with Gasteiger partial charge in [0.2, 0.25) is 15.9 Å². The second-order valence-corrected chi connectivity index (χ2v) is 13.6. The first-order valence-corrected chi connectivity index (χ1v) is 16.4. The third-order valence-electron chi connectivity index (χ3n) is 7.07. The zero-order valence-electron chi connectivity index (χ0n) is 23.6. The molecule has 0 saturated carbocycles. The van der Waals surface area contributed by atoms with Gasteiger partial charge in [0.05, 0.1) is 18.4 Å². The van der Waals surface area contributed by atoms with Gasteiger partial charge in [0.25, 0.3) is 0 Å². The van der Waals surface area contributed by atoms with Gasteiger partial charge < -0.3 is 15.8 Å². The first kappa shape index (κ1) is 31.7. The fourth-order valence-corrected chi connectivity index (χ4v) is 7.81. The van der Waals surface area contributed by atoms with Crippen molar-refractivity contribution in [2.24, 2.45) is 11.7 Å². The van der Waals surface area contributed by atoms with E-state index in [9.17, 15) is 22.4 Å². The molecular formula is C31H36FN3O5S2. The molecule has 1 amide bonds. The van der Waals surface area contributed by atoms with E-state index in [0.29, 0.717) is 16.9 Å². The van der Waals surface area contributed by atoms with E-state index in [1.807, 2.05) is 56.3 Å². The van der Waals surface area contributed by atoms with Gasteiger partial charge in [-0.1, -0.05) is 80.6 Å². The third-order valence-corrected chi connectivity index (χ3v) is 10.2. The number of thioether (sulfide) groups is 1. The topological polar surface area (TPSA) is 119 Å². The summed E-state index contributed by atoms with van der Waals surface area (Å²) in [4.78, 5) is 25.7. The second kappa shape index (κ2) is 14.3. The van der Waals surface area contributed by atoms with Crippen molar-refractivity contribution in [1.29, 1.82) is 0 Å². The summed E-state index contributed by atoms with van der Waals surface area (Å²) >= 11 is 1.24. The number of carbonyl (C=O) groups is 2. The molecule has 1 aliphatic heterocycles. The van der Waals surface area contributed by atoms with Crippen LogP contribution in [0.4, 0.5) is 4.39 Å². The highest BCUT2D eigenvalue weighted by Crippen LogP contribution is 2.30. The van der Waals surface area contributed by atoms with Crippen molar-refractivity contribution in [2.75, 3.05) is 18.9 Å². The molecule has 4 rings (SSSR count). The number of carbonyl (C=O) groups excluding carboxylic acids is 2. The van der Waals surface area contributed by atoms with E-state index in [2.05, 4.69) is 5.32 Å². The van der Waals surface area contributed by atoms with Crippen LogP contribution >= 0.6 is 11.8 Å². The Kier molecular flexibility index (Phi) is 10.8. The Labute approximate surface area is 250 Å². The molecule has 3 unspecified atom stereocenters. The maximum atomic E-state index is 13.6. The van der Waals surface area contributed by atoms with Gasteiger partial charge in [0.1, 0.15) is 17.2 Å². The molecule has 1 aliphatic rings. The molecule has 224 valence electrons. The van der Waals surface area contributed by atoms with Gasteiger partial charge in [0, 0.05) is 18.7 Å². The van der Waals surface area contributed by atoms with Crippen molar-refractivity contribution in [2.45, 2.75) is 43.5 Å². The Bertz CT molecular complexity index is 1450. The van der Waals surface area contributed by atoms with Gasteiger partial charge in [-0.15, -0.1) is 11.8 Å². The highest BCUT2D eigenvalue weighted by molar-refractivity contribution is 8.02. The number of rotatable bonds is 12. The van der Waals surface area contributed by atoms with Gasteiger partial charge in [-0.3, -0.25) is 9.59 Å². The number of benzene rings is 3. The Morgan fingerprint density at radius 3 is 2.31 bits per heavy atom. The molecule has 0 bridgehead atoms. The van der Waals surface area contributed by atoms with Crippen LogP contribution in [0, 0.1) is 11.7 Å². The molecule has 1 saturated heterocycles. The summed E-state index contributed by atoms with van der Waals surface area (Å²) in [6.45, 7) is 3.80. The molecule has 1 heterocycles. The van der Waals surface area contributed by atoms with Crippen LogP contribution < -0.4 is 11.1 Å². The molecule has 0 aromatic heterocycles. The summed E-state index contributed by atoms with van der Waals surface area (Å²) in [5.74, 6) is -1.33. The van der Waals surface area contributed by atoms with E-state index >= 15 is 0 Å². The number of sulfonamides is 1. The maximum absolute atomic E-state index is 13.6. The lowest BCUT2D eigenvalue weighted by molar-refractivity contribution is -0.146. The summed E-state index contributed by atoms with van der Waals surface area (Å²) in [6.07, 6.45) is 0.200. The lowest BCUT2D eigenvalue weighted by Gasteiger charge is -2.26. The minimum Gasteiger partial charge on any atom is -0.464 e. The minimum atomic E-state index is -3.82. The molecule has 0 radical (unpaired) electrons. The monoisotopic (exact) mass is 613 g/mol. The van der Waals surface area contributed by atoms with Crippen molar-refractivity contribution >= 4 is 33.7 Å². The first-order chi connectivity index (χ1) is 20.0. The van der Waals surface area contributed by atoms with E-state index in [1.165, 1.54) is 40.3 Å². The number of amides is 1. The van der Waals surface area contributed by atoms with Crippen LogP contribution in [0.1, 0.15) is 37.4 Å². The van der Waals surface area contributed by atoms with Gasteiger partial charge in [-0.2, -0.15) is 4.31 Å². The van der Waals surface area contributed by atoms with Crippen molar-refractivity contribution in [3.8, 4) is 11.1 Å². The second-order valence-electron chi connectivity index (χ2n) is 10.5. The van der Waals surface area contributed by atoms with Crippen molar-refractivity contribution in [3.05, 3.63) is 95.8 Å². The van der Waals surface area contributed by atoms with Gasteiger partial charge >= 0.3 is 5.97 Å². The highest BCUT2D eigenvalue weighted by Gasteiger charge is 2.40. The first-order valence-electron chi connectivity index (χ1n) is 13.8. The van der Waals surface area contributed by atoms with Crippen LogP contribution in [0.25, 0.3) is 11.1 Å². The molecule has 11 heteroatoms. The van der Waals surface area contributed by atoms with Crippen molar-refractivity contribution in [1.82, 2.24) is 9.62 Å². The largest absolute Gasteiger partial charge is 0.464 e. The fraction of sp³-hybridized carbons (Fsp3) is 0.355. The minimum absolute atomic E-state index is 0.0274. The molecule has 3 atom stereocenters. The van der Waals surface area contributed by atoms with Crippen LogP contribution in [-0.2, 0) is 30.1 Å².